The molecule has 102 valence electrons. The Bertz CT molecular complexity index is 644. The third kappa shape index (κ3) is 2.88. The molecule has 0 spiro atoms. The largest absolute Gasteiger partial charge is 0.508 e. The fourth-order valence-corrected chi connectivity index (χ4v) is 2.12. The Balaban J connectivity index is 2.32. The van der Waals surface area contributed by atoms with Crippen LogP contribution in [0.4, 0.5) is 0 Å². The van der Waals surface area contributed by atoms with Crippen molar-refractivity contribution in [3.8, 4) is 11.5 Å². The molecule has 0 aromatic heterocycles. The summed E-state index contributed by atoms with van der Waals surface area (Å²) in [5, 5.41) is 19.6. The van der Waals surface area contributed by atoms with Gasteiger partial charge < -0.3 is 10.2 Å². The van der Waals surface area contributed by atoms with Gasteiger partial charge in [0.05, 0.1) is 0 Å². The van der Waals surface area contributed by atoms with E-state index in [1.807, 2.05) is 0 Å². The van der Waals surface area contributed by atoms with Crippen LogP contribution in [0.2, 0.25) is 0 Å². The SMILES string of the molecule is C=CCc1c(O)cccc1C(=O)Cc1ccccc1O. The van der Waals surface area contributed by atoms with Gasteiger partial charge in [-0.2, -0.15) is 0 Å². The van der Waals surface area contributed by atoms with Crippen molar-refractivity contribution in [3.05, 3.63) is 71.8 Å². The second-order valence-electron chi connectivity index (χ2n) is 4.52. The summed E-state index contributed by atoms with van der Waals surface area (Å²) >= 11 is 0. The molecule has 2 rings (SSSR count). The Morgan fingerprint density at radius 1 is 1.05 bits per heavy atom. The molecule has 2 N–H and O–H groups in total. The van der Waals surface area contributed by atoms with E-state index in [2.05, 4.69) is 6.58 Å². The fourth-order valence-electron chi connectivity index (χ4n) is 2.12. The lowest BCUT2D eigenvalue weighted by Gasteiger charge is -2.09. The van der Waals surface area contributed by atoms with E-state index in [1.54, 1.807) is 48.5 Å². The van der Waals surface area contributed by atoms with Gasteiger partial charge in [0.1, 0.15) is 11.5 Å². The summed E-state index contributed by atoms with van der Waals surface area (Å²) in [6.07, 6.45) is 2.17. The number of carbonyl (C=O) groups excluding carboxylic acids is 1. The number of allylic oxidation sites excluding steroid dienone is 1. The molecule has 0 aliphatic heterocycles. The van der Waals surface area contributed by atoms with Gasteiger partial charge in [-0.3, -0.25) is 4.79 Å². The normalized spacial score (nSPS) is 10.2. The number of ketones is 1. The maximum atomic E-state index is 12.4. The van der Waals surface area contributed by atoms with Gasteiger partial charge in [-0.1, -0.05) is 36.4 Å². The van der Waals surface area contributed by atoms with E-state index >= 15 is 0 Å². The van der Waals surface area contributed by atoms with Gasteiger partial charge in [0.2, 0.25) is 0 Å². The zero-order chi connectivity index (χ0) is 14.5. The maximum absolute atomic E-state index is 12.4. The standard InChI is InChI=1S/C17H16O3/c1-2-6-13-14(8-5-10-16(13)19)17(20)11-12-7-3-4-9-15(12)18/h2-5,7-10,18-19H,1,6,11H2. The van der Waals surface area contributed by atoms with Crippen LogP contribution in [0.5, 0.6) is 11.5 Å². The molecule has 0 heterocycles. The highest BCUT2D eigenvalue weighted by Gasteiger charge is 2.15. The highest BCUT2D eigenvalue weighted by Crippen LogP contribution is 2.25. The minimum Gasteiger partial charge on any atom is -0.508 e. The number of hydrogen-bond acceptors (Lipinski definition) is 3. The predicted octanol–water partition coefficient (Wildman–Crippen LogP) is 3.25. The number of Topliss-reactive ketones (excluding diaryl/α,β-unsaturated/α-hetero) is 1. The Morgan fingerprint density at radius 2 is 1.75 bits per heavy atom. The van der Waals surface area contributed by atoms with Gasteiger partial charge >= 0.3 is 0 Å². The number of phenolic OH excluding ortho intramolecular Hbond substituents is 2. The summed E-state index contributed by atoms with van der Waals surface area (Å²) in [5.74, 6) is 0.0542. The molecule has 0 bridgehead atoms. The van der Waals surface area contributed by atoms with Crippen molar-refractivity contribution in [2.24, 2.45) is 0 Å². The Morgan fingerprint density at radius 3 is 2.45 bits per heavy atom. The molecule has 0 fully saturated rings. The van der Waals surface area contributed by atoms with Gasteiger partial charge in [0, 0.05) is 23.1 Å². The van der Waals surface area contributed by atoms with Crippen LogP contribution in [-0.4, -0.2) is 16.0 Å². The van der Waals surface area contributed by atoms with E-state index in [1.165, 1.54) is 0 Å². The average molecular weight is 268 g/mol. The first kappa shape index (κ1) is 13.9. The number of rotatable bonds is 5. The molecule has 0 amide bonds. The number of carbonyl (C=O) groups is 1. The summed E-state index contributed by atoms with van der Waals surface area (Å²) < 4.78 is 0. The second-order valence-corrected chi connectivity index (χ2v) is 4.52. The van der Waals surface area contributed by atoms with Crippen molar-refractivity contribution in [2.45, 2.75) is 12.8 Å². The van der Waals surface area contributed by atoms with Crippen LogP contribution in [0.25, 0.3) is 0 Å². The van der Waals surface area contributed by atoms with E-state index in [0.29, 0.717) is 23.1 Å². The van der Waals surface area contributed by atoms with E-state index in [0.717, 1.165) is 0 Å². The monoisotopic (exact) mass is 268 g/mol. The molecule has 3 nitrogen and oxygen atoms in total. The third-order valence-electron chi connectivity index (χ3n) is 3.14. The molecule has 0 aliphatic carbocycles. The number of benzene rings is 2. The topological polar surface area (TPSA) is 57.5 Å². The van der Waals surface area contributed by atoms with Gasteiger partial charge in [0.25, 0.3) is 0 Å². The zero-order valence-electron chi connectivity index (χ0n) is 11.0. The van der Waals surface area contributed by atoms with Crippen molar-refractivity contribution in [1.29, 1.82) is 0 Å². The molecule has 2 aromatic carbocycles. The van der Waals surface area contributed by atoms with Gasteiger partial charge in [-0.05, 0) is 18.6 Å². The first-order valence-corrected chi connectivity index (χ1v) is 6.35. The number of aromatic hydroxyl groups is 2. The van der Waals surface area contributed by atoms with E-state index in [4.69, 9.17) is 0 Å². The summed E-state index contributed by atoms with van der Waals surface area (Å²) in [4.78, 5) is 12.4. The molecular formula is C17H16O3. The number of hydrogen-bond donors (Lipinski definition) is 2. The van der Waals surface area contributed by atoms with Crippen molar-refractivity contribution >= 4 is 5.78 Å². The highest BCUT2D eigenvalue weighted by atomic mass is 16.3. The lowest BCUT2D eigenvalue weighted by molar-refractivity contribution is 0.0991. The second kappa shape index (κ2) is 6.06. The summed E-state index contributed by atoms with van der Waals surface area (Å²) in [7, 11) is 0. The molecule has 2 aromatic rings. The molecule has 0 unspecified atom stereocenters. The first-order chi connectivity index (χ1) is 9.63. The molecule has 0 saturated carbocycles. The summed E-state index contributed by atoms with van der Waals surface area (Å²) in [5.41, 5.74) is 1.61. The van der Waals surface area contributed by atoms with Crippen LogP contribution in [-0.2, 0) is 12.8 Å². The number of para-hydroxylation sites is 1. The van der Waals surface area contributed by atoms with E-state index < -0.39 is 0 Å². The lowest BCUT2D eigenvalue weighted by Crippen LogP contribution is -2.07. The van der Waals surface area contributed by atoms with Crippen LogP contribution < -0.4 is 0 Å². The Labute approximate surface area is 117 Å². The summed E-state index contributed by atoms with van der Waals surface area (Å²) in [6.45, 7) is 3.63. The van der Waals surface area contributed by atoms with Gasteiger partial charge in [-0.25, -0.2) is 0 Å². The Hall–Kier alpha value is -2.55. The fraction of sp³-hybridized carbons (Fsp3) is 0.118. The zero-order valence-corrected chi connectivity index (χ0v) is 11.0. The average Bonchev–Trinajstić information content (AvgIpc) is 2.43. The number of phenols is 2. The minimum absolute atomic E-state index is 0.0908. The van der Waals surface area contributed by atoms with Crippen LogP contribution in [0.15, 0.2) is 55.1 Å². The third-order valence-corrected chi connectivity index (χ3v) is 3.14. The molecule has 3 heteroatoms. The van der Waals surface area contributed by atoms with Crippen molar-refractivity contribution < 1.29 is 15.0 Å². The van der Waals surface area contributed by atoms with Crippen molar-refractivity contribution in [3.63, 3.8) is 0 Å². The molecule has 0 atom stereocenters. The van der Waals surface area contributed by atoms with Crippen LogP contribution in [0, 0.1) is 0 Å². The van der Waals surface area contributed by atoms with Crippen LogP contribution in [0.3, 0.4) is 0 Å². The molecule has 0 aliphatic rings. The van der Waals surface area contributed by atoms with Gasteiger partial charge in [0.15, 0.2) is 5.78 Å². The summed E-state index contributed by atoms with van der Waals surface area (Å²) in [6, 6.07) is 11.6. The quantitative estimate of drug-likeness (QED) is 0.646. The van der Waals surface area contributed by atoms with Crippen molar-refractivity contribution in [1.82, 2.24) is 0 Å². The smallest absolute Gasteiger partial charge is 0.167 e. The molecule has 20 heavy (non-hydrogen) atoms. The molecular weight excluding hydrogens is 252 g/mol. The Kier molecular flexibility index (Phi) is 4.20. The van der Waals surface area contributed by atoms with Crippen molar-refractivity contribution in [2.75, 3.05) is 0 Å². The van der Waals surface area contributed by atoms with E-state index in [9.17, 15) is 15.0 Å². The highest BCUT2D eigenvalue weighted by molar-refractivity contribution is 5.99. The van der Waals surface area contributed by atoms with Gasteiger partial charge in [-0.15, -0.1) is 6.58 Å². The maximum Gasteiger partial charge on any atom is 0.167 e. The predicted molar refractivity (Wildman–Crippen MR) is 78.1 cm³/mol. The minimum atomic E-state index is -0.140. The molecule has 0 saturated heterocycles. The first-order valence-electron chi connectivity index (χ1n) is 6.35. The van der Waals surface area contributed by atoms with E-state index in [-0.39, 0.29) is 23.7 Å². The molecule has 0 radical (unpaired) electrons. The van der Waals surface area contributed by atoms with Crippen LogP contribution >= 0.6 is 0 Å². The van der Waals surface area contributed by atoms with Crippen LogP contribution in [0.1, 0.15) is 21.5 Å². The lowest BCUT2D eigenvalue weighted by atomic mass is 9.96.